The van der Waals surface area contributed by atoms with Crippen molar-refractivity contribution in [3.05, 3.63) is 57.9 Å². The molecule has 0 aliphatic heterocycles. The van der Waals surface area contributed by atoms with E-state index in [1.807, 2.05) is 0 Å². The highest BCUT2D eigenvalue weighted by atomic mass is 79.9. The van der Waals surface area contributed by atoms with Crippen molar-refractivity contribution in [1.29, 1.82) is 0 Å². The summed E-state index contributed by atoms with van der Waals surface area (Å²) in [6.07, 6.45) is 7.52. The van der Waals surface area contributed by atoms with Gasteiger partial charge in [-0.1, -0.05) is 25.5 Å². The lowest BCUT2D eigenvalue weighted by molar-refractivity contribution is 0.208. The van der Waals surface area contributed by atoms with Crippen molar-refractivity contribution in [1.82, 2.24) is 4.98 Å². The van der Waals surface area contributed by atoms with Gasteiger partial charge in [0, 0.05) is 16.6 Å². The summed E-state index contributed by atoms with van der Waals surface area (Å²) in [5.41, 5.74) is 4.51. The molecule has 1 aromatic heterocycles. The molecule has 0 radical (unpaired) electrons. The molecule has 1 fully saturated rings. The van der Waals surface area contributed by atoms with Crippen LogP contribution in [-0.4, -0.2) is 11.1 Å². The Morgan fingerprint density at radius 1 is 1.14 bits per heavy atom. The largest absolute Gasteiger partial charge is 0.489 e. The number of ether oxygens (including phenoxy) is 1. The smallest absolute Gasteiger partial charge is 0.187 e. The number of nitrogens with zero attached hydrogens (tertiary/aromatic N) is 1. The zero-order chi connectivity index (χ0) is 19.3. The molecule has 4 rings (SSSR count). The molecule has 0 unspecified atom stereocenters. The van der Waals surface area contributed by atoms with Crippen LogP contribution < -0.4 is 10.1 Å². The summed E-state index contributed by atoms with van der Waals surface area (Å²) >= 11 is 5.29. The molecule has 5 heteroatoms. The molecular weight excluding hydrogens is 432 g/mol. The second kappa shape index (κ2) is 9.10. The molecule has 28 heavy (non-hydrogen) atoms. The zero-order valence-electron chi connectivity index (χ0n) is 16.1. The summed E-state index contributed by atoms with van der Waals surface area (Å²) in [6, 6.07) is 14.9. The molecule has 1 N–H and O–H groups in total. The van der Waals surface area contributed by atoms with Gasteiger partial charge in [-0.2, -0.15) is 0 Å². The Kier molecular flexibility index (Phi) is 6.33. The molecule has 0 spiro atoms. The van der Waals surface area contributed by atoms with Crippen LogP contribution in [0.5, 0.6) is 5.75 Å². The van der Waals surface area contributed by atoms with E-state index < -0.39 is 0 Å². The summed E-state index contributed by atoms with van der Waals surface area (Å²) in [5, 5.41) is 6.40. The lowest BCUT2D eigenvalue weighted by atomic mass is 10.1. The van der Waals surface area contributed by atoms with E-state index in [2.05, 4.69) is 76.0 Å². The van der Waals surface area contributed by atoms with Crippen LogP contribution in [0.1, 0.15) is 44.6 Å². The maximum atomic E-state index is 6.13. The highest BCUT2D eigenvalue weighted by Crippen LogP contribution is 2.35. The fraction of sp³-hybridized carbons (Fsp3) is 0.348. The minimum absolute atomic E-state index is 0.362. The normalized spacial score (nSPS) is 14.4. The van der Waals surface area contributed by atoms with Crippen molar-refractivity contribution in [2.75, 3.05) is 5.32 Å². The van der Waals surface area contributed by atoms with Gasteiger partial charge < -0.3 is 10.1 Å². The molecule has 146 valence electrons. The molecule has 1 saturated carbocycles. The van der Waals surface area contributed by atoms with Gasteiger partial charge in [0.05, 0.1) is 16.3 Å². The van der Waals surface area contributed by atoms with Crippen molar-refractivity contribution in [3.8, 4) is 17.0 Å². The van der Waals surface area contributed by atoms with E-state index in [0.717, 1.165) is 51.6 Å². The minimum Gasteiger partial charge on any atom is -0.489 e. The first kappa shape index (κ1) is 19.5. The maximum Gasteiger partial charge on any atom is 0.187 e. The molecule has 3 nitrogen and oxygen atoms in total. The average Bonchev–Trinajstić information content (AvgIpc) is 3.37. The van der Waals surface area contributed by atoms with Crippen molar-refractivity contribution >= 4 is 38.1 Å². The highest BCUT2D eigenvalue weighted by Gasteiger charge is 2.18. The molecule has 0 amide bonds. The molecule has 2 aromatic carbocycles. The van der Waals surface area contributed by atoms with Gasteiger partial charge in [0.15, 0.2) is 5.13 Å². The van der Waals surface area contributed by atoms with E-state index in [-0.39, 0.29) is 0 Å². The number of thiazole rings is 1. The Balaban J connectivity index is 1.43. The number of aryl methyl sites for hydroxylation is 1. The van der Waals surface area contributed by atoms with Crippen LogP contribution in [0.2, 0.25) is 0 Å². The Morgan fingerprint density at radius 2 is 1.93 bits per heavy atom. The lowest BCUT2D eigenvalue weighted by Gasteiger charge is -2.14. The Hall–Kier alpha value is -1.85. The number of nitrogens with one attached hydrogen (secondary N) is 1. The van der Waals surface area contributed by atoms with Crippen LogP contribution in [0.15, 0.2) is 52.3 Å². The monoisotopic (exact) mass is 456 g/mol. The number of hydrogen-bond donors (Lipinski definition) is 1. The zero-order valence-corrected chi connectivity index (χ0v) is 18.5. The van der Waals surface area contributed by atoms with E-state index in [4.69, 9.17) is 9.72 Å². The van der Waals surface area contributed by atoms with Crippen molar-refractivity contribution < 1.29 is 4.74 Å². The first-order valence-corrected chi connectivity index (χ1v) is 11.7. The first-order valence-electron chi connectivity index (χ1n) is 9.99. The summed E-state index contributed by atoms with van der Waals surface area (Å²) in [7, 11) is 0. The summed E-state index contributed by atoms with van der Waals surface area (Å²) in [6.45, 7) is 2.20. The predicted octanol–water partition coefficient (Wildman–Crippen LogP) is 7.59. The van der Waals surface area contributed by atoms with Crippen LogP contribution in [0.25, 0.3) is 11.3 Å². The Labute approximate surface area is 179 Å². The van der Waals surface area contributed by atoms with Crippen LogP contribution in [-0.2, 0) is 6.42 Å². The van der Waals surface area contributed by atoms with Crippen LogP contribution in [0.3, 0.4) is 0 Å². The van der Waals surface area contributed by atoms with Gasteiger partial charge in [0.25, 0.3) is 0 Å². The Bertz CT molecular complexity index is 917. The van der Waals surface area contributed by atoms with Gasteiger partial charge in [0.2, 0.25) is 0 Å². The fourth-order valence-electron chi connectivity index (χ4n) is 3.57. The lowest BCUT2D eigenvalue weighted by Crippen LogP contribution is -2.11. The van der Waals surface area contributed by atoms with E-state index >= 15 is 0 Å². The number of benzene rings is 2. The quantitative estimate of drug-likeness (QED) is 0.397. The van der Waals surface area contributed by atoms with Gasteiger partial charge in [-0.3, -0.25) is 0 Å². The third-order valence-electron chi connectivity index (χ3n) is 5.07. The number of aromatic nitrogens is 1. The number of anilines is 2. The third kappa shape index (κ3) is 4.76. The molecular formula is C23H25BrN2OS. The van der Waals surface area contributed by atoms with Crippen LogP contribution in [0, 0.1) is 0 Å². The first-order chi connectivity index (χ1) is 13.7. The van der Waals surface area contributed by atoms with Gasteiger partial charge in [-0.25, -0.2) is 4.98 Å². The Morgan fingerprint density at radius 3 is 2.64 bits per heavy atom. The number of rotatable bonds is 7. The van der Waals surface area contributed by atoms with E-state index in [1.165, 1.54) is 24.8 Å². The van der Waals surface area contributed by atoms with Gasteiger partial charge in [-0.05, 0) is 83.9 Å². The van der Waals surface area contributed by atoms with Gasteiger partial charge >= 0.3 is 0 Å². The summed E-state index contributed by atoms with van der Waals surface area (Å²) in [5.74, 6) is 0.927. The van der Waals surface area contributed by atoms with Gasteiger partial charge in [0.1, 0.15) is 5.75 Å². The molecule has 1 aliphatic rings. The molecule has 0 saturated heterocycles. The SMILES string of the molecule is CCCc1ccc(Nc2nc(-c3ccc(OC4CCCC4)c(Br)c3)cs2)cc1. The molecule has 1 aliphatic carbocycles. The maximum absolute atomic E-state index is 6.13. The topological polar surface area (TPSA) is 34.2 Å². The molecule has 0 atom stereocenters. The van der Waals surface area contributed by atoms with Crippen molar-refractivity contribution in [2.45, 2.75) is 51.6 Å². The van der Waals surface area contributed by atoms with Crippen LogP contribution >= 0.6 is 27.3 Å². The van der Waals surface area contributed by atoms with Crippen molar-refractivity contribution in [2.24, 2.45) is 0 Å². The highest BCUT2D eigenvalue weighted by molar-refractivity contribution is 9.10. The van der Waals surface area contributed by atoms with Crippen LogP contribution in [0.4, 0.5) is 10.8 Å². The van der Waals surface area contributed by atoms with E-state index in [9.17, 15) is 0 Å². The molecule has 1 heterocycles. The third-order valence-corrected chi connectivity index (χ3v) is 6.45. The molecule has 0 bridgehead atoms. The van der Waals surface area contributed by atoms with E-state index in [0.29, 0.717) is 6.10 Å². The minimum atomic E-state index is 0.362. The standard InChI is InChI=1S/C23H25BrN2OS/c1-2-5-16-8-11-18(12-9-16)25-23-26-21(15-28-23)17-10-13-22(20(24)14-17)27-19-6-3-4-7-19/h8-15,19H,2-7H2,1H3,(H,25,26). The average molecular weight is 457 g/mol. The molecule has 3 aromatic rings. The summed E-state index contributed by atoms with van der Waals surface area (Å²) < 4.78 is 7.12. The second-order valence-corrected chi connectivity index (χ2v) is 8.99. The fourth-order valence-corrected chi connectivity index (χ4v) is 4.78. The summed E-state index contributed by atoms with van der Waals surface area (Å²) in [4.78, 5) is 4.75. The number of hydrogen-bond acceptors (Lipinski definition) is 4. The van der Waals surface area contributed by atoms with Crippen molar-refractivity contribution in [3.63, 3.8) is 0 Å². The predicted molar refractivity (Wildman–Crippen MR) is 122 cm³/mol. The second-order valence-electron chi connectivity index (χ2n) is 7.28. The van der Waals surface area contributed by atoms with E-state index in [1.54, 1.807) is 11.3 Å². The number of halogens is 1. The van der Waals surface area contributed by atoms with Gasteiger partial charge in [-0.15, -0.1) is 11.3 Å².